The van der Waals surface area contributed by atoms with Crippen LogP contribution in [0, 0.1) is 0 Å². The lowest BCUT2D eigenvalue weighted by molar-refractivity contribution is -0.320. The Kier molecular flexibility index (Phi) is 2.38. The summed E-state index contributed by atoms with van der Waals surface area (Å²) in [4.78, 5) is 10.8. The lowest BCUT2D eigenvalue weighted by Crippen LogP contribution is -2.47. The van der Waals surface area contributed by atoms with Gasteiger partial charge in [0.15, 0.2) is 11.5 Å². The molecular formula is C11H11O5-. The van der Waals surface area contributed by atoms with E-state index in [2.05, 4.69) is 0 Å². The monoisotopic (exact) mass is 223 g/mol. The fourth-order valence-corrected chi connectivity index (χ4v) is 1.28. The summed E-state index contributed by atoms with van der Waals surface area (Å²) in [5, 5.41) is 10.8. The molecule has 0 saturated heterocycles. The maximum absolute atomic E-state index is 10.8. The van der Waals surface area contributed by atoms with Gasteiger partial charge in [-0.15, -0.1) is 0 Å². The van der Waals surface area contributed by atoms with Crippen LogP contribution in [0.15, 0.2) is 18.2 Å². The highest BCUT2D eigenvalue weighted by Gasteiger charge is 2.23. The first-order valence-electron chi connectivity index (χ1n) is 4.79. The summed E-state index contributed by atoms with van der Waals surface area (Å²) in [5.74, 6) is 0.300. The molecule has 0 fully saturated rings. The first-order valence-corrected chi connectivity index (χ1v) is 4.79. The number of benzene rings is 1. The molecule has 2 rings (SSSR count). The Bertz CT molecular complexity index is 424. The van der Waals surface area contributed by atoms with Crippen LogP contribution < -0.4 is 19.3 Å². The van der Waals surface area contributed by atoms with E-state index in [1.54, 1.807) is 18.2 Å². The van der Waals surface area contributed by atoms with Crippen LogP contribution >= 0.6 is 0 Å². The number of carbonyl (C=O) groups is 1. The van der Waals surface area contributed by atoms with Gasteiger partial charge < -0.3 is 24.1 Å². The third kappa shape index (κ3) is 1.88. The number of ether oxygens (including phenoxy) is 3. The highest BCUT2D eigenvalue weighted by molar-refractivity contribution is 5.74. The summed E-state index contributed by atoms with van der Waals surface area (Å²) >= 11 is 0. The molecule has 0 N–H and O–H groups in total. The van der Waals surface area contributed by atoms with Crippen LogP contribution in [0.4, 0.5) is 0 Å². The van der Waals surface area contributed by atoms with Crippen LogP contribution in [0.25, 0.3) is 0 Å². The number of fused-ring (bicyclic) bond motifs is 1. The highest BCUT2D eigenvalue weighted by atomic mass is 16.7. The standard InChI is InChI=1S/C11H12O5/c1-11(2,10(12)13)16-7-3-4-8-9(5-7)15-6-14-8/h3-5H,6H2,1-2H3,(H,12,13)/p-1. The number of aliphatic carboxylic acids is 1. The fourth-order valence-electron chi connectivity index (χ4n) is 1.28. The van der Waals surface area contributed by atoms with Gasteiger partial charge in [-0.2, -0.15) is 0 Å². The SMILES string of the molecule is CC(C)(Oc1ccc2c(c1)OCO2)C(=O)[O-]. The van der Waals surface area contributed by atoms with Crippen molar-refractivity contribution in [2.45, 2.75) is 19.4 Å². The zero-order valence-corrected chi connectivity index (χ0v) is 8.98. The molecule has 5 nitrogen and oxygen atoms in total. The first kappa shape index (κ1) is 10.6. The van der Waals surface area contributed by atoms with Crippen LogP contribution in [-0.2, 0) is 4.79 Å². The van der Waals surface area contributed by atoms with Crippen molar-refractivity contribution in [2.24, 2.45) is 0 Å². The van der Waals surface area contributed by atoms with Gasteiger partial charge in [-0.25, -0.2) is 0 Å². The Morgan fingerprint density at radius 3 is 2.75 bits per heavy atom. The molecule has 1 heterocycles. The quantitative estimate of drug-likeness (QED) is 0.738. The Labute approximate surface area is 92.5 Å². The van der Waals surface area contributed by atoms with Crippen LogP contribution in [-0.4, -0.2) is 18.4 Å². The minimum Gasteiger partial charge on any atom is -0.546 e. The second-order valence-electron chi connectivity index (χ2n) is 3.91. The molecule has 5 heteroatoms. The van der Waals surface area contributed by atoms with Gasteiger partial charge in [0.2, 0.25) is 6.79 Å². The van der Waals surface area contributed by atoms with Crippen LogP contribution in [0.1, 0.15) is 13.8 Å². The van der Waals surface area contributed by atoms with E-state index < -0.39 is 11.6 Å². The first-order chi connectivity index (χ1) is 7.49. The van der Waals surface area contributed by atoms with Gasteiger partial charge in [0, 0.05) is 6.07 Å². The van der Waals surface area contributed by atoms with Crippen molar-refractivity contribution in [3.05, 3.63) is 18.2 Å². The molecule has 0 saturated carbocycles. The summed E-state index contributed by atoms with van der Waals surface area (Å²) in [5.41, 5.74) is -1.38. The molecule has 16 heavy (non-hydrogen) atoms. The molecule has 1 aromatic carbocycles. The molecule has 0 aromatic heterocycles. The lowest BCUT2D eigenvalue weighted by atomic mass is 10.1. The fraction of sp³-hybridized carbons (Fsp3) is 0.364. The Balaban J connectivity index is 2.20. The lowest BCUT2D eigenvalue weighted by Gasteiger charge is -2.27. The highest BCUT2D eigenvalue weighted by Crippen LogP contribution is 2.35. The van der Waals surface area contributed by atoms with Gasteiger partial charge in [-0.3, -0.25) is 0 Å². The molecule has 0 amide bonds. The van der Waals surface area contributed by atoms with Crippen LogP contribution in [0.2, 0.25) is 0 Å². The maximum Gasteiger partial charge on any atom is 0.231 e. The topological polar surface area (TPSA) is 67.8 Å². The second kappa shape index (κ2) is 3.59. The van der Waals surface area contributed by atoms with Crippen molar-refractivity contribution < 1.29 is 24.1 Å². The summed E-state index contributed by atoms with van der Waals surface area (Å²) in [7, 11) is 0. The number of carboxylic acids is 1. The second-order valence-corrected chi connectivity index (χ2v) is 3.91. The Morgan fingerprint density at radius 1 is 1.38 bits per heavy atom. The van der Waals surface area contributed by atoms with E-state index in [1.807, 2.05) is 0 Å². The average Bonchev–Trinajstić information content (AvgIpc) is 2.63. The predicted molar refractivity (Wildman–Crippen MR) is 52.3 cm³/mol. The van der Waals surface area contributed by atoms with E-state index in [1.165, 1.54) is 13.8 Å². The number of hydrogen-bond donors (Lipinski definition) is 0. The van der Waals surface area contributed by atoms with Crippen molar-refractivity contribution in [2.75, 3.05) is 6.79 Å². The van der Waals surface area contributed by atoms with Crippen LogP contribution in [0.5, 0.6) is 17.2 Å². The van der Waals surface area contributed by atoms with Gasteiger partial charge >= 0.3 is 0 Å². The minimum atomic E-state index is -1.38. The van der Waals surface area contributed by atoms with Crippen LogP contribution in [0.3, 0.4) is 0 Å². The average molecular weight is 223 g/mol. The van der Waals surface area contributed by atoms with Crippen molar-refractivity contribution in [3.63, 3.8) is 0 Å². The van der Waals surface area contributed by atoms with Crippen molar-refractivity contribution in [3.8, 4) is 17.2 Å². The number of carbonyl (C=O) groups excluding carboxylic acids is 1. The van der Waals surface area contributed by atoms with E-state index in [4.69, 9.17) is 14.2 Å². The summed E-state index contributed by atoms with van der Waals surface area (Å²) in [6.07, 6.45) is 0. The van der Waals surface area contributed by atoms with E-state index in [-0.39, 0.29) is 6.79 Å². The molecule has 1 aliphatic rings. The molecule has 0 bridgehead atoms. The third-order valence-electron chi connectivity index (χ3n) is 2.21. The number of rotatable bonds is 3. The normalized spacial score (nSPS) is 13.6. The number of hydrogen-bond acceptors (Lipinski definition) is 5. The molecule has 0 radical (unpaired) electrons. The Morgan fingerprint density at radius 2 is 2.06 bits per heavy atom. The molecule has 0 spiro atoms. The van der Waals surface area contributed by atoms with E-state index in [9.17, 15) is 9.90 Å². The zero-order valence-electron chi connectivity index (χ0n) is 8.98. The van der Waals surface area contributed by atoms with Gasteiger partial charge in [-0.05, 0) is 26.0 Å². The smallest absolute Gasteiger partial charge is 0.231 e. The van der Waals surface area contributed by atoms with Crippen molar-refractivity contribution in [1.82, 2.24) is 0 Å². The third-order valence-corrected chi connectivity index (χ3v) is 2.21. The van der Waals surface area contributed by atoms with Gasteiger partial charge in [0.1, 0.15) is 11.4 Å². The molecule has 0 atom stereocenters. The van der Waals surface area contributed by atoms with E-state index >= 15 is 0 Å². The van der Waals surface area contributed by atoms with Gasteiger partial charge in [-0.1, -0.05) is 0 Å². The molecule has 86 valence electrons. The predicted octanol–water partition coefficient (Wildman–Crippen LogP) is 0.323. The molecular weight excluding hydrogens is 212 g/mol. The van der Waals surface area contributed by atoms with Gasteiger partial charge in [0.25, 0.3) is 0 Å². The number of carboxylic acid groups (broad SMARTS) is 1. The van der Waals surface area contributed by atoms with E-state index in [0.29, 0.717) is 17.2 Å². The van der Waals surface area contributed by atoms with Crippen molar-refractivity contribution in [1.29, 1.82) is 0 Å². The molecule has 0 aliphatic carbocycles. The Hall–Kier alpha value is -1.91. The summed E-state index contributed by atoms with van der Waals surface area (Å²) < 4.78 is 15.6. The largest absolute Gasteiger partial charge is 0.546 e. The molecule has 0 unspecified atom stereocenters. The minimum absolute atomic E-state index is 0.169. The van der Waals surface area contributed by atoms with Gasteiger partial charge in [0.05, 0.1) is 5.97 Å². The zero-order chi connectivity index (χ0) is 11.8. The summed E-state index contributed by atoms with van der Waals surface area (Å²) in [6, 6.07) is 4.88. The molecule has 1 aliphatic heterocycles. The summed E-state index contributed by atoms with van der Waals surface area (Å²) in [6.45, 7) is 3.02. The van der Waals surface area contributed by atoms with E-state index in [0.717, 1.165) is 0 Å². The maximum atomic E-state index is 10.8. The van der Waals surface area contributed by atoms with Crippen molar-refractivity contribution >= 4 is 5.97 Å². The molecule has 1 aromatic rings.